The molecule has 3 rings (SSSR count). The maximum Gasteiger partial charge on any atom is 0.146 e. The van der Waals surface area contributed by atoms with Gasteiger partial charge in [-0.05, 0) is 37.3 Å². The van der Waals surface area contributed by atoms with Crippen LogP contribution in [0.3, 0.4) is 0 Å². The van der Waals surface area contributed by atoms with Gasteiger partial charge in [0, 0.05) is 33.1 Å². The van der Waals surface area contributed by atoms with E-state index in [-0.39, 0.29) is 12.4 Å². The molecule has 2 N–H and O–H groups in total. The second-order valence-corrected chi connectivity index (χ2v) is 6.51. The summed E-state index contributed by atoms with van der Waals surface area (Å²) in [7, 11) is 0. The van der Waals surface area contributed by atoms with E-state index < -0.39 is 0 Å². The molecule has 4 nitrogen and oxygen atoms in total. The largest absolute Gasteiger partial charge is 0.487 e. The summed E-state index contributed by atoms with van der Waals surface area (Å²) in [5.74, 6) is 0.985. The lowest BCUT2D eigenvalue weighted by atomic mass is 10.1. The topological polar surface area (TPSA) is 58.0 Å². The molecule has 2 aromatic carbocycles. The quantitative estimate of drug-likeness (QED) is 0.366. The van der Waals surface area contributed by atoms with Crippen LogP contribution in [0.15, 0.2) is 60.8 Å². The van der Waals surface area contributed by atoms with Crippen molar-refractivity contribution in [1.82, 2.24) is 4.98 Å². The van der Waals surface area contributed by atoms with Gasteiger partial charge in [-0.1, -0.05) is 47.5 Å². The molecule has 0 atom stereocenters. The van der Waals surface area contributed by atoms with E-state index in [1.54, 1.807) is 25.3 Å². The van der Waals surface area contributed by atoms with E-state index in [0.717, 1.165) is 16.8 Å². The van der Waals surface area contributed by atoms with Gasteiger partial charge in [-0.15, -0.1) is 12.4 Å². The van der Waals surface area contributed by atoms with Gasteiger partial charge in [-0.3, -0.25) is 10.4 Å². The molecule has 140 valence electrons. The van der Waals surface area contributed by atoms with E-state index >= 15 is 0 Å². The Morgan fingerprint density at radius 3 is 2.63 bits per heavy atom. The highest BCUT2D eigenvalue weighted by Gasteiger charge is 2.13. The monoisotopic (exact) mass is 421 g/mol. The van der Waals surface area contributed by atoms with Gasteiger partial charge in [0.05, 0.1) is 5.84 Å². The zero-order chi connectivity index (χ0) is 18.5. The molecule has 0 saturated carbocycles. The average molecular weight is 423 g/mol. The number of hydrogen-bond donors (Lipinski definition) is 2. The van der Waals surface area contributed by atoms with Crippen LogP contribution >= 0.6 is 35.6 Å². The Balaban J connectivity index is 0.00000261. The Bertz CT molecular complexity index is 947. The minimum Gasteiger partial charge on any atom is -0.487 e. The Morgan fingerprint density at radius 2 is 1.89 bits per heavy atom. The zero-order valence-corrected chi connectivity index (χ0v) is 16.8. The van der Waals surface area contributed by atoms with E-state index in [4.69, 9.17) is 33.3 Å². The third-order valence-corrected chi connectivity index (χ3v) is 4.26. The summed E-state index contributed by atoms with van der Waals surface area (Å²) in [6.45, 7) is 1.99. The van der Waals surface area contributed by atoms with Crippen LogP contribution in [0, 0.1) is 5.41 Å². The Morgan fingerprint density at radius 1 is 1.11 bits per heavy atom. The zero-order valence-electron chi connectivity index (χ0n) is 14.5. The highest BCUT2D eigenvalue weighted by atomic mass is 35.5. The third kappa shape index (κ3) is 5.36. The van der Waals surface area contributed by atoms with Gasteiger partial charge in [-0.2, -0.15) is 0 Å². The van der Waals surface area contributed by atoms with E-state index in [9.17, 15) is 0 Å². The summed E-state index contributed by atoms with van der Waals surface area (Å²) in [5.41, 5.74) is 3.19. The van der Waals surface area contributed by atoms with Crippen molar-refractivity contribution in [2.45, 2.75) is 13.5 Å². The number of halogens is 3. The number of nitrogens with zero attached hydrogens (tertiary/aromatic N) is 1. The summed E-state index contributed by atoms with van der Waals surface area (Å²) in [6, 6.07) is 16.7. The summed E-state index contributed by atoms with van der Waals surface area (Å²) < 4.78 is 5.99. The molecule has 0 spiro atoms. The molecular weight excluding hydrogens is 405 g/mol. The van der Waals surface area contributed by atoms with Crippen molar-refractivity contribution in [2.24, 2.45) is 0 Å². The molecule has 1 aromatic heterocycles. The minimum absolute atomic E-state index is 0. The summed E-state index contributed by atoms with van der Waals surface area (Å²) in [4.78, 5) is 4.48. The van der Waals surface area contributed by atoms with E-state index in [1.165, 1.54) is 0 Å². The van der Waals surface area contributed by atoms with Crippen LogP contribution in [0.5, 0.6) is 5.75 Å². The van der Waals surface area contributed by atoms with Gasteiger partial charge < -0.3 is 10.1 Å². The van der Waals surface area contributed by atoms with Crippen LogP contribution < -0.4 is 10.1 Å². The molecule has 7 heteroatoms. The molecule has 0 fully saturated rings. The summed E-state index contributed by atoms with van der Waals surface area (Å²) in [6.07, 6.45) is 1.71. The van der Waals surface area contributed by atoms with Gasteiger partial charge >= 0.3 is 0 Å². The Kier molecular flexibility index (Phi) is 7.48. The molecule has 0 radical (unpaired) electrons. The van der Waals surface area contributed by atoms with Crippen molar-refractivity contribution in [3.05, 3.63) is 76.4 Å². The van der Waals surface area contributed by atoms with Gasteiger partial charge in [0.15, 0.2) is 0 Å². The van der Waals surface area contributed by atoms with Crippen molar-refractivity contribution in [1.29, 1.82) is 5.41 Å². The van der Waals surface area contributed by atoms with Gasteiger partial charge in [-0.25, -0.2) is 0 Å². The minimum atomic E-state index is 0. The number of hydrogen-bond acceptors (Lipinski definition) is 3. The lowest BCUT2D eigenvalue weighted by Gasteiger charge is -2.15. The number of ether oxygens (including phenoxy) is 1. The number of nitrogens with one attached hydrogen (secondary N) is 2. The molecule has 0 aliphatic heterocycles. The first-order valence-electron chi connectivity index (χ1n) is 7.98. The van der Waals surface area contributed by atoms with Gasteiger partial charge in [0.1, 0.15) is 18.1 Å². The number of anilines is 1. The summed E-state index contributed by atoms with van der Waals surface area (Å²) >= 11 is 12.2. The third-order valence-electron chi connectivity index (χ3n) is 3.67. The van der Waals surface area contributed by atoms with Crippen molar-refractivity contribution in [2.75, 3.05) is 5.32 Å². The van der Waals surface area contributed by atoms with E-state index in [1.807, 2.05) is 42.5 Å². The van der Waals surface area contributed by atoms with Gasteiger partial charge in [0.2, 0.25) is 0 Å². The highest BCUT2D eigenvalue weighted by Crippen LogP contribution is 2.34. The smallest absolute Gasteiger partial charge is 0.146 e. The van der Waals surface area contributed by atoms with Crippen LogP contribution in [0.25, 0.3) is 11.3 Å². The van der Waals surface area contributed by atoms with E-state index in [2.05, 4.69) is 10.3 Å². The fraction of sp³-hybridized carbons (Fsp3) is 0.100. The molecule has 3 aromatic rings. The first kappa shape index (κ1) is 21.0. The number of amidine groups is 1. The molecule has 0 aliphatic rings. The number of pyridine rings is 1. The van der Waals surface area contributed by atoms with Crippen LogP contribution in [0.1, 0.15) is 12.5 Å². The van der Waals surface area contributed by atoms with Crippen LogP contribution in [-0.2, 0) is 6.61 Å². The number of rotatable bonds is 5. The molecule has 27 heavy (non-hydrogen) atoms. The molecule has 0 bridgehead atoms. The van der Waals surface area contributed by atoms with Crippen molar-refractivity contribution in [3.8, 4) is 17.0 Å². The average Bonchev–Trinajstić information content (AvgIpc) is 2.61. The highest BCUT2D eigenvalue weighted by molar-refractivity contribution is 6.35. The standard InChI is InChI=1S/C20H17Cl2N3O.ClH/c1-13(23)25-18-6-3-2-5-16(18)20-19(7-4-10-24-20)26-12-14-8-9-15(21)11-17(14)22;/h2-11H,12H2,1H3,(H2,23,25);1H. The van der Waals surface area contributed by atoms with Crippen LogP contribution in [0.2, 0.25) is 10.0 Å². The molecule has 0 amide bonds. The van der Waals surface area contributed by atoms with Crippen molar-refractivity contribution >= 4 is 47.1 Å². The number of para-hydroxylation sites is 1. The fourth-order valence-corrected chi connectivity index (χ4v) is 2.97. The summed E-state index contributed by atoms with van der Waals surface area (Å²) in [5, 5.41) is 11.9. The second kappa shape index (κ2) is 9.60. The molecular formula is C20H18Cl3N3O. The van der Waals surface area contributed by atoms with Crippen LogP contribution in [0.4, 0.5) is 5.69 Å². The van der Waals surface area contributed by atoms with Crippen molar-refractivity contribution < 1.29 is 4.74 Å². The SMILES string of the molecule is CC(=N)Nc1ccccc1-c1ncccc1OCc1ccc(Cl)cc1Cl.Cl. The normalized spacial score (nSPS) is 10.0. The molecule has 0 saturated heterocycles. The van der Waals surface area contributed by atoms with Gasteiger partial charge in [0.25, 0.3) is 0 Å². The fourth-order valence-electron chi connectivity index (χ4n) is 2.50. The second-order valence-electron chi connectivity index (χ2n) is 5.67. The predicted molar refractivity (Wildman–Crippen MR) is 115 cm³/mol. The predicted octanol–water partition coefficient (Wildman–Crippen LogP) is 6.47. The Labute approximate surface area is 174 Å². The molecule has 1 heterocycles. The number of benzene rings is 2. The van der Waals surface area contributed by atoms with Crippen molar-refractivity contribution in [3.63, 3.8) is 0 Å². The lowest BCUT2D eigenvalue weighted by Crippen LogP contribution is -2.07. The van der Waals surface area contributed by atoms with E-state index in [0.29, 0.717) is 33.9 Å². The molecule has 0 aliphatic carbocycles. The lowest BCUT2D eigenvalue weighted by molar-refractivity contribution is 0.306. The maximum atomic E-state index is 7.69. The molecule has 0 unspecified atom stereocenters. The Hall–Kier alpha value is -2.27. The first-order chi connectivity index (χ1) is 12.5. The van der Waals surface area contributed by atoms with Crippen LogP contribution in [-0.4, -0.2) is 10.8 Å². The maximum absolute atomic E-state index is 7.69. The first-order valence-corrected chi connectivity index (χ1v) is 8.73. The number of aromatic nitrogens is 1.